The molecule has 1 saturated heterocycles. The Bertz CT molecular complexity index is 348. The summed E-state index contributed by atoms with van der Waals surface area (Å²) in [6.07, 6.45) is 10.2. The van der Waals surface area contributed by atoms with Gasteiger partial charge in [0.05, 0.1) is 5.69 Å². The molecule has 1 aliphatic heterocycles. The molecule has 0 aromatic carbocycles. The van der Waals surface area contributed by atoms with Crippen molar-refractivity contribution in [2.75, 3.05) is 13.1 Å². The zero-order valence-electron chi connectivity index (χ0n) is 10.4. The van der Waals surface area contributed by atoms with Crippen LogP contribution in [-0.4, -0.2) is 28.1 Å². The molecule has 1 aromatic heterocycles. The Kier molecular flexibility index (Phi) is 3.41. The van der Waals surface area contributed by atoms with E-state index < -0.39 is 0 Å². The van der Waals surface area contributed by atoms with E-state index in [0.717, 1.165) is 25.6 Å². The second-order valence-corrected chi connectivity index (χ2v) is 5.56. The van der Waals surface area contributed by atoms with Gasteiger partial charge in [-0.1, -0.05) is 24.5 Å². The molecule has 17 heavy (non-hydrogen) atoms. The van der Waals surface area contributed by atoms with Crippen LogP contribution < -0.4 is 5.32 Å². The van der Waals surface area contributed by atoms with E-state index in [-0.39, 0.29) is 0 Å². The Labute approximate surface area is 103 Å². The lowest BCUT2D eigenvalue weighted by molar-refractivity contribution is 0.436. The van der Waals surface area contributed by atoms with Crippen molar-refractivity contribution in [1.29, 1.82) is 0 Å². The quantitative estimate of drug-likeness (QED) is 0.869. The van der Waals surface area contributed by atoms with Gasteiger partial charge in [0.15, 0.2) is 0 Å². The molecular formula is C13H22N4. The van der Waals surface area contributed by atoms with Gasteiger partial charge in [0.2, 0.25) is 0 Å². The lowest BCUT2D eigenvalue weighted by Gasteiger charge is -2.18. The fourth-order valence-electron chi connectivity index (χ4n) is 3.12. The van der Waals surface area contributed by atoms with Crippen molar-refractivity contribution in [3.05, 3.63) is 11.9 Å². The molecule has 3 rings (SSSR count). The van der Waals surface area contributed by atoms with Crippen molar-refractivity contribution in [2.24, 2.45) is 5.92 Å². The molecule has 94 valence electrons. The fraction of sp³-hybridized carbons (Fsp3) is 0.846. The number of rotatable bonds is 3. The maximum Gasteiger partial charge on any atom is 0.0857 e. The van der Waals surface area contributed by atoms with Crippen LogP contribution in [0.5, 0.6) is 0 Å². The van der Waals surface area contributed by atoms with E-state index in [4.69, 9.17) is 0 Å². The Balaban J connectivity index is 1.60. The van der Waals surface area contributed by atoms with Crippen molar-refractivity contribution >= 4 is 0 Å². The van der Waals surface area contributed by atoms with Gasteiger partial charge in [-0.25, -0.2) is 0 Å². The van der Waals surface area contributed by atoms with Crippen LogP contribution >= 0.6 is 0 Å². The monoisotopic (exact) mass is 234 g/mol. The van der Waals surface area contributed by atoms with E-state index in [1.54, 1.807) is 0 Å². The fourth-order valence-corrected chi connectivity index (χ4v) is 3.12. The summed E-state index contributed by atoms with van der Waals surface area (Å²) in [7, 11) is 0. The Morgan fingerprint density at radius 2 is 2.12 bits per heavy atom. The second-order valence-electron chi connectivity index (χ2n) is 5.56. The number of aromatic nitrogens is 3. The van der Waals surface area contributed by atoms with Crippen LogP contribution in [0, 0.1) is 5.92 Å². The molecule has 2 heterocycles. The van der Waals surface area contributed by atoms with Crippen molar-refractivity contribution in [3.63, 3.8) is 0 Å². The molecule has 1 saturated carbocycles. The molecule has 2 fully saturated rings. The topological polar surface area (TPSA) is 42.7 Å². The maximum absolute atomic E-state index is 4.37. The first-order valence-electron chi connectivity index (χ1n) is 7.02. The number of hydrogen-bond acceptors (Lipinski definition) is 3. The third-order valence-electron chi connectivity index (χ3n) is 4.19. The Morgan fingerprint density at radius 3 is 2.88 bits per heavy atom. The van der Waals surface area contributed by atoms with Crippen LogP contribution in [0.3, 0.4) is 0 Å². The van der Waals surface area contributed by atoms with E-state index in [1.807, 2.05) is 0 Å². The SMILES string of the molecule is c1c(C2CCCCC2)nnn1CC1CCNC1. The minimum atomic E-state index is 0.680. The number of nitrogens with zero attached hydrogens (tertiary/aromatic N) is 3. The number of nitrogens with one attached hydrogen (secondary N) is 1. The van der Waals surface area contributed by atoms with Gasteiger partial charge in [0.1, 0.15) is 0 Å². The molecule has 1 N–H and O–H groups in total. The molecule has 0 spiro atoms. The molecule has 4 heteroatoms. The third kappa shape index (κ3) is 2.68. The van der Waals surface area contributed by atoms with Crippen molar-refractivity contribution in [1.82, 2.24) is 20.3 Å². The van der Waals surface area contributed by atoms with E-state index in [9.17, 15) is 0 Å². The van der Waals surface area contributed by atoms with Gasteiger partial charge < -0.3 is 5.32 Å². The summed E-state index contributed by atoms with van der Waals surface area (Å²) in [6.45, 7) is 3.33. The molecule has 1 unspecified atom stereocenters. The van der Waals surface area contributed by atoms with Crippen LogP contribution in [0.2, 0.25) is 0 Å². The van der Waals surface area contributed by atoms with Crippen LogP contribution in [0.25, 0.3) is 0 Å². The zero-order chi connectivity index (χ0) is 11.5. The molecule has 0 amide bonds. The first-order valence-corrected chi connectivity index (χ1v) is 7.02. The molecule has 0 bridgehead atoms. The van der Waals surface area contributed by atoms with Crippen LogP contribution in [0.1, 0.15) is 50.1 Å². The van der Waals surface area contributed by atoms with E-state index in [2.05, 4.69) is 26.5 Å². The second kappa shape index (κ2) is 5.17. The maximum atomic E-state index is 4.37. The first-order chi connectivity index (χ1) is 8.42. The minimum Gasteiger partial charge on any atom is -0.316 e. The molecule has 2 aliphatic rings. The van der Waals surface area contributed by atoms with Crippen molar-refractivity contribution in [2.45, 2.75) is 51.0 Å². The van der Waals surface area contributed by atoms with Gasteiger partial charge in [-0.3, -0.25) is 4.68 Å². The highest BCUT2D eigenvalue weighted by Gasteiger charge is 2.20. The van der Waals surface area contributed by atoms with E-state index in [0.29, 0.717) is 5.92 Å². The highest BCUT2D eigenvalue weighted by atomic mass is 15.4. The Morgan fingerprint density at radius 1 is 1.24 bits per heavy atom. The largest absolute Gasteiger partial charge is 0.316 e. The predicted octanol–water partition coefficient (Wildman–Crippen LogP) is 1.94. The molecule has 1 aliphatic carbocycles. The standard InChI is InChI=1S/C13H22N4/c1-2-4-12(5-3-1)13-10-17(16-15-13)9-11-6-7-14-8-11/h10-12,14H,1-9H2. The molecule has 1 atom stereocenters. The number of hydrogen-bond donors (Lipinski definition) is 1. The summed E-state index contributed by atoms with van der Waals surface area (Å²) < 4.78 is 2.06. The lowest BCUT2D eigenvalue weighted by atomic mass is 9.87. The smallest absolute Gasteiger partial charge is 0.0857 e. The zero-order valence-corrected chi connectivity index (χ0v) is 10.4. The van der Waals surface area contributed by atoms with Crippen LogP contribution in [-0.2, 0) is 6.54 Å². The van der Waals surface area contributed by atoms with E-state index >= 15 is 0 Å². The molecule has 1 aromatic rings. The van der Waals surface area contributed by atoms with Gasteiger partial charge in [-0.05, 0) is 38.3 Å². The molecule has 0 radical (unpaired) electrons. The summed E-state index contributed by atoms with van der Waals surface area (Å²) in [4.78, 5) is 0. The van der Waals surface area contributed by atoms with Gasteiger partial charge >= 0.3 is 0 Å². The lowest BCUT2D eigenvalue weighted by Crippen LogP contribution is -2.14. The summed E-state index contributed by atoms with van der Waals surface area (Å²) in [6, 6.07) is 0. The first kappa shape index (κ1) is 11.2. The Hall–Kier alpha value is -0.900. The average molecular weight is 234 g/mol. The average Bonchev–Trinajstić information content (AvgIpc) is 3.02. The predicted molar refractivity (Wildman–Crippen MR) is 66.8 cm³/mol. The van der Waals surface area contributed by atoms with Gasteiger partial charge in [0, 0.05) is 18.7 Å². The van der Waals surface area contributed by atoms with E-state index in [1.165, 1.54) is 44.2 Å². The van der Waals surface area contributed by atoms with Crippen LogP contribution in [0.4, 0.5) is 0 Å². The van der Waals surface area contributed by atoms with Crippen LogP contribution in [0.15, 0.2) is 6.20 Å². The molecule has 4 nitrogen and oxygen atoms in total. The highest BCUT2D eigenvalue weighted by molar-refractivity contribution is 5.03. The van der Waals surface area contributed by atoms with Gasteiger partial charge in [-0.15, -0.1) is 5.10 Å². The third-order valence-corrected chi connectivity index (χ3v) is 4.19. The van der Waals surface area contributed by atoms with Gasteiger partial charge in [-0.2, -0.15) is 0 Å². The summed E-state index contributed by atoms with van der Waals surface area (Å²) in [5.74, 6) is 1.43. The van der Waals surface area contributed by atoms with Crippen molar-refractivity contribution < 1.29 is 0 Å². The summed E-state index contributed by atoms with van der Waals surface area (Å²) >= 11 is 0. The normalized spacial score (nSPS) is 26.5. The minimum absolute atomic E-state index is 0.680. The summed E-state index contributed by atoms with van der Waals surface area (Å²) in [5, 5.41) is 12.1. The highest BCUT2D eigenvalue weighted by Crippen LogP contribution is 2.31. The summed E-state index contributed by atoms with van der Waals surface area (Å²) in [5.41, 5.74) is 1.23. The van der Waals surface area contributed by atoms with Gasteiger partial charge in [0.25, 0.3) is 0 Å². The van der Waals surface area contributed by atoms with Crippen molar-refractivity contribution in [3.8, 4) is 0 Å². The molecular weight excluding hydrogens is 212 g/mol.